The molecule has 0 aliphatic heterocycles. The zero-order valence-corrected chi connectivity index (χ0v) is 11.1. The van der Waals surface area contributed by atoms with Gasteiger partial charge in [0, 0.05) is 6.54 Å². The van der Waals surface area contributed by atoms with E-state index < -0.39 is 5.41 Å². The third-order valence-electron chi connectivity index (χ3n) is 3.71. The summed E-state index contributed by atoms with van der Waals surface area (Å²) in [6, 6.07) is 9.92. The molecule has 1 aromatic carbocycles. The maximum absolute atomic E-state index is 11.9. The highest BCUT2D eigenvalue weighted by Gasteiger charge is 2.44. The Morgan fingerprint density at radius 2 is 2.11 bits per heavy atom. The molecule has 0 heterocycles. The maximum atomic E-state index is 11.9. The lowest BCUT2D eigenvalue weighted by Gasteiger charge is -2.33. The number of nitriles is 1. The molecule has 1 fully saturated rings. The number of hydrogen-bond acceptors (Lipinski definition) is 3. The highest BCUT2D eigenvalue weighted by atomic mass is 16.5. The van der Waals surface area contributed by atoms with Gasteiger partial charge in [-0.2, -0.15) is 5.26 Å². The zero-order chi connectivity index (χ0) is 13.7. The van der Waals surface area contributed by atoms with E-state index in [1.54, 1.807) is 7.11 Å². The lowest BCUT2D eigenvalue weighted by molar-refractivity contribution is -0.131. The standard InChI is InChI=1S/C15H18N2O2/c1-19-13-5-3-12(4-6-13)7-10-17-14(18)15(11-16)8-2-9-15/h3-6H,2,7-10H2,1H3,(H,17,18). The molecule has 0 saturated heterocycles. The van der Waals surface area contributed by atoms with Gasteiger partial charge in [0.1, 0.15) is 11.2 Å². The molecule has 4 nitrogen and oxygen atoms in total. The molecule has 0 bridgehead atoms. The summed E-state index contributed by atoms with van der Waals surface area (Å²) in [6.07, 6.45) is 3.12. The monoisotopic (exact) mass is 258 g/mol. The highest BCUT2D eigenvalue weighted by Crippen LogP contribution is 2.40. The Morgan fingerprint density at radius 3 is 2.58 bits per heavy atom. The van der Waals surface area contributed by atoms with Gasteiger partial charge in [-0.15, -0.1) is 0 Å². The van der Waals surface area contributed by atoms with E-state index in [0.717, 1.165) is 24.2 Å². The molecule has 19 heavy (non-hydrogen) atoms. The van der Waals surface area contributed by atoms with E-state index in [0.29, 0.717) is 19.4 Å². The summed E-state index contributed by atoms with van der Waals surface area (Å²) in [5, 5.41) is 11.9. The summed E-state index contributed by atoms with van der Waals surface area (Å²) >= 11 is 0. The molecule has 4 heteroatoms. The Kier molecular flexibility index (Phi) is 4.06. The molecule has 1 aliphatic rings. The second kappa shape index (κ2) is 5.75. The molecule has 1 amide bonds. The number of rotatable bonds is 5. The average Bonchev–Trinajstić information content (AvgIpc) is 2.39. The molecule has 1 N–H and O–H groups in total. The summed E-state index contributed by atoms with van der Waals surface area (Å²) in [4.78, 5) is 11.9. The first kappa shape index (κ1) is 13.4. The number of benzene rings is 1. The molecular weight excluding hydrogens is 240 g/mol. The number of ether oxygens (including phenoxy) is 1. The van der Waals surface area contributed by atoms with Crippen LogP contribution < -0.4 is 10.1 Å². The van der Waals surface area contributed by atoms with Crippen LogP contribution in [0.3, 0.4) is 0 Å². The van der Waals surface area contributed by atoms with Crippen molar-refractivity contribution in [2.45, 2.75) is 25.7 Å². The van der Waals surface area contributed by atoms with Crippen LogP contribution in [0.25, 0.3) is 0 Å². The first-order valence-electron chi connectivity index (χ1n) is 6.53. The lowest BCUT2D eigenvalue weighted by Crippen LogP contribution is -2.45. The number of hydrogen-bond donors (Lipinski definition) is 1. The van der Waals surface area contributed by atoms with Gasteiger partial charge in [0.25, 0.3) is 0 Å². The van der Waals surface area contributed by atoms with Crippen molar-refractivity contribution in [3.05, 3.63) is 29.8 Å². The van der Waals surface area contributed by atoms with Crippen LogP contribution in [0, 0.1) is 16.7 Å². The second-order valence-electron chi connectivity index (χ2n) is 4.90. The van der Waals surface area contributed by atoms with Crippen LogP contribution in [-0.2, 0) is 11.2 Å². The summed E-state index contributed by atoms with van der Waals surface area (Å²) < 4.78 is 5.09. The normalized spacial score (nSPS) is 16.0. The van der Waals surface area contributed by atoms with Gasteiger partial charge in [0.2, 0.25) is 5.91 Å². The average molecular weight is 258 g/mol. The van der Waals surface area contributed by atoms with E-state index in [9.17, 15) is 4.79 Å². The van der Waals surface area contributed by atoms with Gasteiger partial charge in [-0.1, -0.05) is 12.1 Å². The number of nitrogens with zero attached hydrogens (tertiary/aromatic N) is 1. The smallest absolute Gasteiger partial charge is 0.240 e. The zero-order valence-electron chi connectivity index (χ0n) is 11.1. The minimum Gasteiger partial charge on any atom is -0.497 e. The van der Waals surface area contributed by atoms with Gasteiger partial charge in [0.05, 0.1) is 13.2 Å². The summed E-state index contributed by atoms with van der Waals surface area (Å²) in [5.74, 6) is 0.709. The van der Waals surface area contributed by atoms with Crippen LogP contribution in [0.15, 0.2) is 24.3 Å². The van der Waals surface area contributed by atoms with Crippen molar-refractivity contribution < 1.29 is 9.53 Å². The Balaban J connectivity index is 1.80. The second-order valence-corrected chi connectivity index (χ2v) is 4.90. The SMILES string of the molecule is COc1ccc(CCNC(=O)C2(C#N)CCC2)cc1. The molecular formula is C15H18N2O2. The molecule has 100 valence electrons. The predicted molar refractivity (Wildman–Crippen MR) is 71.6 cm³/mol. The summed E-state index contributed by atoms with van der Waals surface area (Å²) in [5.41, 5.74) is 0.389. The molecule has 0 spiro atoms. The van der Waals surface area contributed by atoms with Gasteiger partial charge in [0.15, 0.2) is 0 Å². The molecule has 0 atom stereocenters. The van der Waals surface area contributed by atoms with Gasteiger partial charge in [-0.25, -0.2) is 0 Å². The first-order valence-corrected chi connectivity index (χ1v) is 6.53. The minimum atomic E-state index is -0.750. The van der Waals surface area contributed by atoms with Gasteiger partial charge in [-0.3, -0.25) is 4.79 Å². The summed E-state index contributed by atoms with van der Waals surface area (Å²) in [7, 11) is 1.63. The van der Waals surface area contributed by atoms with Crippen LogP contribution in [-0.4, -0.2) is 19.6 Å². The van der Waals surface area contributed by atoms with Crippen molar-refractivity contribution in [2.24, 2.45) is 5.41 Å². The Bertz CT molecular complexity index is 484. The maximum Gasteiger partial charge on any atom is 0.240 e. The molecule has 2 rings (SSSR count). The summed E-state index contributed by atoms with van der Waals surface area (Å²) in [6.45, 7) is 0.564. The number of methoxy groups -OCH3 is 1. The molecule has 0 aromatic heterocycles. The van der Waals surface area contributed by atoms with Gasteiger partial charge in [-0.05, 0) is 43.4 Å². The van der Waals surface area contributed by atoms with Crippen LogP contribution in [0.2, 0.25) is 0 Å². The Labute approximate surface area is 113 Å². The highest BCUT2D eigenvalue weighted by molar-refractivity contribution is 5.86. The Hall–Kier alpha value is -2.02. The van der Waals surface area contributed by atoms with Crippen molar-refractivity contribution in [3.63, 3.8) is 0 Å². The van der Waals surface area contributed by atoms with Crippen LogP contribution in [0.5, 0.6) is 5.75 Å². The minimum absolute atomic E-state index is 0.116. The fraction of sp³-hybridized carbons (Fsp3) is 0.467. The van der Waals surface area contributed by atoms with E-state index in [2.05, 4.69) is 11.4 Å². The number of carbonyl (C=O) groups is 1. The van der Waals surface area contributed by atoms with Crippen molar-refractivity contribution in [3.8, 4) is 11.8 Å². The quantitative estimate of drug-likeness (QED) is 0.879. The van der Waals surface area contributed by atoms with E-state index >= 15 is 0 Å². The van der Waals surface area contributed by atoms with Crippen molar-refractivity contribution in [1.29, 1.82) is 5.26 Å². The fourth-order valence-electron chi connectivity index (χ4n) is 2.20. The molecule has 0 unspecified atom stereocenters. The number of nitrogens with one attached hydrogen (secondary N) is 1. The number of amides is 1. The third kappa shape index (κ3) is 2.87. The number of carbonyl (C=O) groups excluding carboxylic acids is 1. The van der Waals surface area contributed by atoms with Crippen LogP contribution in [0.4, 0.5) is 0 Å². The van der Waals surface area contributed by atoms with Crippen molar-refractivity contribution in [1.82, 2.24) is 5.32 Å². The van der Waals surface area contributed by atoms with E-state index in [-0.39, 0.29) is 5.91 Å². The van der Waals surface area contributed by atoms with Gasteiger partial charge < -0.3 is 10.1 Å². The topological polar surface area (TPSA) is 62.1 Å². The van der Waals surface area contributed by atoms with E-state index in [4.69, 9.17) is 10.00 Å². The largest absolute Gasteiger partial charge is 0.497 e. The predicted octanol–water partition coefficient (Wildman–Crippen LogP) is 2.05. The molecule has 1 aliphatic carbocycles. The van der Waals surface area contributed by atoms with E-state index in [1.807, 2.05) is 24.3 Å². The van der Waals surface area contributed by atoms with Crippen molar-refractivity contribution >= 4 is 5.91 Å². The molecule has 1 aromatic rings. The molecule has 0 radical (unpaired) electrons. The third-order valence-corrected chi connectivity index (χ3v) is 3.71. The van der Waals surface area contributed by atoms with Crippen LogP contribution >= 0.6 is 0 Å². The van der Waals surface area contributed by atoms with Crippen LogP contribution in [0.1, 0.15) is 24.8 Å². The lowest BCUT2D eigenvalue weighted by atomic mass is 9.69. The van der Waals surface area contributed by atoms with Crippen molar-refractivity contribution in [2.75, 3.05) is 13.7 Å². The Morgan fingerprint density at radius 1 is 1.42 bits per heavy atom. The molecule has 1 saturated carbocycles. The van der Waals surface area contributed by atoms with E-state index in [1.165, 1.54) is 0 Å². The van der Waals surface area contributed by atoms with Gasteiger partial charge >= 0.3 is 0 Å². The fourth-order valence-corrected chi connectivity index (χ4v) is 2.20. The first-order chi connectivity index (χ1) is 9.20.